The SMILES string of the molecule is CCCc1nc(C(=O)Nc2c(Cl)ccc3nsnc23)n[nH]1. The average Bonchev–Trinajstić information content (AvgIpc) is 3.11. The molecule has 2 N–H and O–H groups in total. The van der Waals surface area contributed by atoms with Gasteiger partial charge in [0, 0.05) is 6.42 Å². The fraction of sp³-hybridized carbons (Fsp3) is 0.250. The fourth-order valence-corrected chi connectivity index (χ4v) is 2.60. The van der Waals surface area contributed by atoms with Crippen LogP contribution in [-0.4, -0.2) is 29.8 Å². The molecule has 0 aliphatic heterocycles. The van der Waals surface area contributed by atoms with Crippen LogP contribution >= 0.6 is 23.3 Å². The first kappa shape index (κ1) is 13.9. The van der Waals surface area contributed by atoms with Crippen molar-refractivity contribution in [2.75, 3.05) is 5.32 Å². The number of anilines is 1. The molecule has 21 heavy (non-hydrogen) atoms. The van der Waals surface area contributed by atoms with E-state index in [1.807, 2.05) is 6.92 Å². The van der Waals surface area contributed by atoms with Crippen molar-refractivity contribution in [2.45, 2.75) is 19.8 Å². The van der Waals surface area contributed by atoms with Crippen molar-refractivity contribution in [1.29, 1.82) is 0 Å². The van der Waals surface area contributed by atoms with Crippen LogP contribution < -0.4 is 5.32 Å². The normalized spacial score (nSPS) is 11.0. The molecule has 2 aromatic heterocycles. The van der Waals surface area contributed by atoms with Crippen LogP contribution in [0, 0.1) is 0 Å². The summed E-state index contributed by atoms with van der Waals surface area (Å²) in [5.74, 6) is 0.327. The number of carbonyl (C=O) groups excluding carboxylic acids is 1. The number of carbonyl (C=O) groups is 1. The van der Waals surface area contributed by atoms with E-state index in [1.165, 1.54) is 0 Å². The van der Waals surface area contributed by atoms with Crippen molar-refractivity contribution in [2.24, 2.45) is 0 Å². The molecule has 1 aromatic carbocycles. The van der Waals surface area contributed by atoms with Gasteiger partial charge in [-0.3, -0.25) is 9.89 Å². The predicted molar refractivity (Wildman–Crippen MR) is 80.8 cm³/mol. The highest BCUT2D eigenvalue weighted by Crippen LogP contribution is 2.30. The number of aromatic nitrogens is 5. The number of aryl methyl sites for hydroxylation is 1. The highest BCUT2D eigenvalue weighted by molar-refractivity contribution is 7.00. The van der Waals surface area contributed by atoms with Crippen molar-refractivity contribution in [3.63, 3.8) is 0 Å². The summed E-state index contributed by atoms with van der Waals surface area (Å²) in [6.45, 7) is 2.03. The molecule has 0 spiro atoms. The number of benzene rings is 1. The molecule has 3 rings (SSSR count). The highest BCUT2D eigenvalue weighted by Gasteiger charge is 2.17. The molecule has 0 radical (unpaired) electrons. The maximum atomic E-state index is 12.2. The number of amides is 1. The molecule has 0 saturated heterocycles. The Bertz CT molecular complexity index is 798. The summed E-state index contributed by atoms with van der Waals surface area (Å²) in [6, 6.07) is 3.42. The monoisotopic (exact) mass is 322 g/mol. The number of aromatic amines is 1. The summed E-state index contributed by atoms with van der Waals surface area (Å²) in [7, 11) is 0. The Morgan fingerprint density at radius 1 is 1.43 bits per heavy atom. The molecule has 0 bridgehead atoms. The van der Waals surface area contributed by atoms with Gasteiger partial charge in [-0.15, -0.1) is 5.10 Å². The van der Waals surface area contributed by atoms with Crippen LogP contribution in [0.2, 0.25) is 5.02 Å². The summed E-state index contributed by atoms with van der Waals surface area (Å²) in [5, 5.41) is 9.74. The fourth-order valence-electron chi connectivity index (χ4n) is 1.86. The Hall–Kier alpha value is -2.06. The Balaban J connectivity index is 1.88. The molecule has 9 heteroatoms. The van der Waals surface area contributed by atoms with Crippen LogP contribution in [0.1, 0.15) is 29.8 Å². The van der Waals surface area contributed by atoms with Crippen LogP contribution in [-0.2, 0) is 6.42 Å². The van der Waals surface area contributed by atoms with E-state index in [0.717, 1.165) is 24.6 Å². The minimum absolute atomic E-state index is 0.0784. The van der Waals surface area contributed by atoms with Gasteiger partial charge in [0.1, 0.15) is 16.9 Å². The number of halogens is 1. The maximum absolute atomic E-state index is 12.2. The summed E-state index contributed by atoms with van der Waals surface area (Å²) in [4.78, 5) is 16.3. The Labute approximate surface area is 129 Å². The predicted octanol–water partition coefficient (Wildman–Crippen LogP) is 2.67. The van der Waals surface area contributed by atoms with E-state index >= 15 is 0 Å². The van der Waals surface area contributed by atoms with E-state index in [9.17, 15) is 4.79 Å². The van der Waals surface area contributed by atoms with Crippen LogP contribution in [0.3, 0.4) is 0 Å². The number of hydrogen-bond donors (Lipinski definition) is 2. The number of rotatable bonds is 4. The first-order valence-electron chi connectivity index (χ1n) is 6.32. The van der Waals surface area contributed by atoms with E-state index in [4.69, 9.17) is 11.6 Å². The second-order valence-corrected chi connectivity index (χ2v) is 5.30. The molecule has 0 saturated carbocycles. The van der Waals surface area contributed by atoms with Crippen molar-refractivity contribution < 1.29 is 4.79 Å². The second kappa shape index (κ2) is 5.74. The van der Waals surface area contributed by atoms with E-state index in [2.05, 4.69) is 29.2 Å². The lowest BCUT2D eigenvalue weighted by atomic mass is 10.2. The van der Waals surface area contributed by atoms with Gasteiger partial charge in [0.2, 0.25) is 5.82 Å². The van der Waals surface area contributed by atoms with E-state index in [1.54, 1.807) is 12.1 Å². The third-order valence-corrected chi connectivity index (χ3v) is 3.69. The Morgan fingerprint density at radius 3 is 3.10 bits per heavy atom. The van der Waals surface area contributed by atoms with Gasteiger partial charge >= 0.3 is 0 Å². The molecule has 3 aromatic rings. The Morgan fingerprint density at radius 2 is 2.29 bits per heavy atom. The molecule has 0 fully saturated rings. The second-order valence-electron chi connectivity index (χ2n) is 4.36. The van der Waals surface area contributed by atoms with Gasteiger partial charge in [-0.25, -0.2) is 4.98 Å². The third-order valence-electron chi connectivity index (χ3n) is 2.84. The van der Waals surface area contributed by atoms with Gasteiger partial charge < -0.3 is 5.32 Å². The van der Waals surface area contributed by atoms with Gasteiger partial charge in [0.15, 0.2) is 0 Å². The van der Waals surface area contributed by atoms with E-state index < -0.39 is 5.91 Å². The molecule has 0 unspecified atom stereocenters. The van der Waals surface area contributed by atoms with Crippen LogP contribution in [0.5, 0.6) is 0 Å². The van der Waals surface area contributed by atoms with Crippen LogP contribution in [0.15, 0.2) is 12.1 Å². The van der Waals surface area contributed by atoms with Crippen LogP contribution in [0.25, 0.3) is 11.0 Å². The van der Waals surface area contributed by atoms with Gasteiger partial charge in [-0.1, -0.05) is 18.5 Å². The molecule has 0 aliphatic carbocycles. The molecule has 7 nitrogen and oxygen atoms in total. The molecule has 0 atom stereocenters. The van der Waals surface area contributed by atoms with E-state index in [-0.39, 0.29) is 5.82 Å². The summed E-state index contributed by atoms with van der Waals surface area (Å²) >= 11 is 7.18. The highest BCUT2D eigenvalue weighted by atomic mass is 35.5. The zero-order valence-electron chi connectivity index (χ0n) is 11.1. The quantitative estimate of drug-likeness (QED) is 0.769. The largest absolute Gasteiger partial charge is 0.316 e. The van der Waals surface area contributed by atoms with Crippen molar-refractivity contribution in [3.05, 3.63) is 28.8 Å². The number of nitrogens with zero attached hydrogens (tertiary/aromatic N) is 4. The smallest absolute Gasteiger partial charge is 0.295 e. The standard InChI is InChI=1S/C12H11ClN6OS/c1-2-3-8-14-11(17-16-8)12(20)15-9-6(13)4-5-7-10(9)19-21-18-7/h4-5H,2-3H2,1H3,(H,15,20)(H,14,16,17). The molecular formula is C12H11ClN6OS. The first-order chi connectivity index (χ1) is 10.2. The minimum atomic E-state index is -0.434. The van der Waals surface area contributed by atoms with Crippen molar-refractivity contribution in [1.82, 2.24) is 23.9 Å². The molecular weight excluding hydrogens is 312 g/mol. The summed E-state index contributed by atoms with van der Waals surface area (Å²) < 4.78 is 8.26. The zero-order chi connectivity index (χ0) is 14.8. The van der Waals surface area contributed by atoms with Gasteiger partial charge in [0.05, 0.1) is 22.4 Å². The van der Waals surface area contributed by atoms with Gasteiger partial charge in [-0.05, 0) is 18.6 Å². The number of nitrogens with one attached hydrogen (secondary N) is 2. The number of hydrogen-bond acceptors (Lipinski definition) is 6. The average molecular weight is 323 g/mol. The summed E-state index contributed by atoms with van der Waals surface area (Å²) in [6.07, 6.45) is 1.67. The minimum Gasteiger partial charge on any atom is -0.316 e. The molecule has 108 valence electrons. The van der Waals surface area contributed by atoms with E-state index in [0.29, 0.717) is 27.6 Å². The number of H-pyrrole nitrogens is 1. The van der Waals surface area contributed by atoms with Crippen molar-refractivity contribution >= 4 is 46.0 Å². The zero-order valence-corrected chi connectivity index (χ0v) is 12.6. The molecule has 0 aliphatic rings. The lowest BCUT2D eigenvalue weighted by Gasteiger charge is -2.05. The van der Waals surface area contributed by atoms with Gasteiger partial charge in [-0.2, -0.15) is 8.75 Å². The first-order valence-corrected chi connectivity index (χ1v) is 7.43. The molecule has 1 amide bonds. The summed E-state index contributed by atoms with van der Waals surface area (Å²) in [5.41, 5.74) is 1.67. The topological polar surface area (TPSA) is 96.5 Å². The van der Waals surface area contributed by atoms with Crippen LogP contribution in [0.4, 0.5) is 5.69 Å². The lowest BCUT2D eigenvalue weighted by Crippen LogP contribution is -2.14. The van der Waals surface area contributed by atoms with Gasteiger partial charge in [0.25, 0.3) is 5.91 Å². The number of fused-ring (bicyclic) bond motifs is 1. The third kappa shape index (κ3) is 2.72. The lowest BCUT2D eigenvalue weighted by molar-refractivity contribution is 0.101. The molecule has 2 heterocycles. The Kier molecular flexibility index (Phi) is 3.80. The van der Waals surface area contributed by atoms with Crippen molar-refractivity contribution in [3.8, 4) is 0 Å². The maximum Gasteiger partial charge on any atom is 0.295 e.